The molecule has 2 heterocycles. The summed E-state index contributed by atoms with van der Waals surface area (Å²) in [6, 6.07) is 0.357. The third-order valence-electron chi connectivity index (χ3n) is 2.68. The second-order valence-electron chi connectivity index (χ2n) is 3.76. The van der Waals surface area contributed by atoms with Crippen molar-refractivity contribution in [2.75, 3.05) is 18.0 Å². The first-order chi connectivity index (χ1) is 6.79. The van der Waals surface area contributed by atoms with Gasteiger partial charge in [-0.1, -0.05) is 6.92 Å². The van der Waals surface area contributed by atoms with Gasteiger partial charge in [-0.3, -0.25) is 5.10 Å². The molecule has 0 aromatic carbocycles. The molecule has 3 N–H and O–H groups in total. The standard InChI is InChI=1S/C9H17N5/c1-2-8-11-9(13-12-8)14-5-3-7(10)4-6-14/h7H,2-6,10H2,1H3,(H,11,12,13). The Bertz CT molecular complexity index is 287. The van der Waals surface area contributed by atoms with Gasteiger partial charge >= 0.3 is 0 Å². The maximum atomic E-state index is 5.83. The van der Waals surface area contributed by atoms with Crippen molar-refractivity contribution in [2.45, 2.75) is 32.2 Å². The molecule has 0 unspecified atom stereocenters. The maximum absolute atomic E-state index is 5.83. The molecular formula is C9H17N5. The van der Waals surface area contributed by atoms with Crippen molar-refractivity contribution in [3.05, 3.63) is 5.82 Å². The molecule has 0 saturated carbocycles. The van der Waals surface area contributed by atoms with Gasteiger partial charge in [-0.05, 0) is 12.8 Å². The molecule has 5 nitrogen and oxygen atoms in total. The predicted molar refractivity (Wildman–Crippen MR) is 55.2 cm³/mol. The van der Waals surface area contributed by atoms with E-state index in [9.17, 15) is 0 Å². The minimum atomic E-state index is 0.357. The van der Waals surface area contributed by atoms with E-state index in [1.165, 1.54) is 0 Å². The van der Waals surface area contributed by atoms with Gasteiger partial charge in [-0.25, -0.2) is 0 Å². The Morgan fingerprint density at radius 1 is 1.50 bits per heavy atom. The number of nitrogens with two attached hydrogens (primary N) is 1. The monoisotopic (exact) mass is 195 g/mol. The quantitative estimate of drug-likeness (QED) is 0.711. The van der Waals surface area contributed by atoms with E-state index in [2.05, 4.69) is 27.0 Å². The molecule has 78 valence electrons. The topological polar surface area (TPSA) is 70.8 Å². The Balaban J connectivity index is 2.01. The largest absolute Gasteiger partial charge is 0.339 e. The van der Waals surface area contributed by atoms with Crippen LogP contribution in [0.5, 0.6) is 0 Å². The van der Waals surface area contributed by atoms with Crippen LogP contribution < -0.4 is 10.6 Å². The summed E-state index contributed by atoms with van der Waals surface area (Å²) in [6.07, 6.45) is 2.98. The van der Waals surface area contributed by atoms with Crippen LogP contribution in [0, 0.1) is 0 Å². The summed E-state index contributed by atoms with van der Waals surface area (Å²) in [5, 5.41) is 7.11. The third-order valence-corrected chi connectivity index (χ3v) is 2.68. The summed E-state index contributed by atoms with van der Waals surface area (Å²) in [4.78, 5) is 6.59. The zero-order valence-corrected chi connectivity index (χ0v) is 8.53. The van der Waals surface area contributed by atoms with Gasteiger partial charge in [-0.2, -0.15) is 4.98 Å². The highest BCUT2D eigenvalue weighted by molar-refractivity contribution is 5.29. The van der Waals surface area contributed by atoms with Crippen molar-refractivity contribution in [2.24, 2.45) is 5.73 Å². The van der Waals surface area contributed by atoms with Gasteiger partial charge in [0.15, 0.2) is 0 Å². The highest BCUT2D eigenvalue weighted by Gasteiger charge is 2.18. The molecule has 0 radical (unpaired) electrons. The Hall–Kier alpha value is -1.10. The van der Waals surface area contributed by atoms with Crippen molar-refractivity contribution in [1.29, 1.82) is 0 Å². The molecule has 1 aromatic heterocycles. The van der Waals surface area contributed by atoms with E-state index < -0.39 is 0 Å². The van der Waals surface area contributed by atoms with Gasteiger partial charge in [-0.15, -0.1) is 5.10 Å². The summed E-state index contributed by atoms with van der Waals surface area (Å²) in [5.74, 6) is 1.78. The van der Waals surface area contributed by atoms with Crippen molar-refractivity contribution in [1.82, 2.24) is 15.2 Å². The summed E-state index contributed by atoms with van der Waals surface area (Å²) in [7, 11) is 0. The average Bonchev–Trinajstić information content (AvgIpc) is 2.67. The first-order valence-electron chi connectivity index (χ1n) is 5.21. The fourth-order valence-corrected chi connectivity index (χ4v) is 1.68. The average molecular weight is 195 g/mol. The third kappa shape index (κ3) is 1.87. The van der Waals surface area contributed by atoms with E-state index in [1.54, 1.807) is 0 Å². The van der Waals surface area contributed by atoms with Gasteiger partial charge in [0.05, 0.1) is 0 Å². The Morgan fingerprint density at radius 2 is 2.21 bits per heavy atom. The summed E-state index contributed by atoms with van der Waals surface area (Å²) >= 11 is 0. The van der Waals surface area contributed by atoms with Crippen molar-refractivity contribution in [3.8, 4) is 0 Å². The summed E-state index contributed by atoms with van der Waals surface area (Å²) in [5.41, 5.74) is 5.83. The van der Waals surface area contributed by atoms with Crippen LogP contribution in [0.1, 0.15) is 25.6 Å². The van der Waals surface area contributed by atoms with Gasteiger partial charge in [0, 0.05) is 25.6 Å². The number of nitrogens with zero attached hydrogens (tertiary/aromatic N) is 3. The van der Waals surface area contributed by atoms with Crippen molar-refractivity contribution < 1.29 is 0 Å². The minimum absolute atomic E-state index is 0.357. The molecular weight excluding hydrogens is 178 g/mol. The summed E-state index contributed by atoms with van der Waals surface area (Å²) in [6.45, 7) is 4.01. The van der Waals surface area contributed by atoms with E-state index >= 15 is 0 Å². The molecule has 14 heavy (non-hydrogen) atoms. The molecule has 1 saturated heterocycles. The minimum Gasteiger partial charge on any atom is -0.339 e. The molecule has 0 bridgehead atoms. The van der Waals surface area contributed by atoms with Crippen LogP contribution in [0.25, 0.3) is 0 Å². The number of aromatic amines is 1. The van der Waals surface area contributed by atoms with E-state index in [0.29, 0.717) is 6.04 Å². The number of hydrogen-bond acceptors (Lipinski definition) is 4. The molecule has 2 rings (SSSR count). The molecule has 0 atom stereocenters. The van der Waals surface area contributed by atoms with Gasteiger partial charge in [0.25, 0.3) is 0 Å². The van der Waals surface area contributed by atoms with Crippen molar-refractivity contribution in [3.63, 3.8) is 0 Å². The Morgan fingerprint density at radius 3 is 2.79 bits per heavy atom. The molecule has 0 amide bonds. The van der Waals surface area contributed by atoms with Gasteiger partial charge in [0.2, 0.25) is 5.95 Å². The fraction of sp³-hybridized carbons (Fsp3) is 0.778. The second kappa shape index (κ2) is 3.96. The smallest absolute Gasteiger partial charge is 0.244 e. The lowest BCUT2D eigenvalue weighted by Gasteiger charge is -2.28. The van der Waals surface area contributed by atoms with Crippen LogP contribution in [-0.4, -0.2) is 34.3 Å². The normalized spacial score (nSPS) is 18.9. The zero-order valence-electron chi connectivity index (χ0n) is 8.53. The van der Waals surface area contributed by atoms with Crippen LogP contribution in [0.2, 0.25) is 0 Å². The SMILES string of the molecule is CCc1nc(N2CCC(N)CC2)n[nH]1. The number of piperidine rings is 1. The lowest BCUT2D eigenvalue weighted by molar-refractivity contribution is 0.496. The van der Waals surface area contributed by atoms with Crippen LogP contribution in [0.3, 0.4) is 0 Å². The first kappa shape index (κ1) is 9.45. The number of rotatable bonds is 2. The van der Waals surface area contributed by atoms with Crippen LogP contribution in [-0.2, 0) is 6.42 Å². The Labute approximate surface area is 83.7 Å². The van der Waals surface area contributed by atoms with E-state index in [4.69, 9.17) is 5.73 Å². The molecule has 0 aliphatic carbocycles. The summed E-state index contributed by atoms with van der Waals surface area (Å²) < 4.78 is 0. The highest BCUT2D eigenvalue weighted by Crippen LogP contribution is 2.14. The van der Waals surface area contributed by atoms with Gasteiger partial charge < -0.3 is 10.6 Å². The molecule has 1 aromatic rings. The second-order valence-corrected chi connectivity index (χ2v) is 3.76. The lowest BCUT2D eigenvalue weighted by Crippen LogP contribution is -2.40. The molecule has 0 spiro atoms. The fourth-order valence-electron chi connectivity index (χ4n) is 1.68. The number of H-pyrrole nitrogens is 1. The van der Waals surface area contributed by atoms with E-state index in [-0.39, 0.29) is 0 Å². The number of aryl methyl sites for hydroxylation is 1. The lowest BCUT2D eigenvalue weighted by atomic mass is 10.1. The molecule has 5 heteroatoms. The number of hydrogen-bond donors (Lipinski definition) is 2. The number of aromatic nitrogens is 3. The zero-order chi connectivity index (χ0) is 9.97. The number of anilines is 1. The van der Waals surface area contributed by atoms with Crippen LogP contribution >= 0.6 is 0 Å². The first-order valence-corrected chi connectivity index (χ1v) is 5.21. The van der Waals surface area contributed by atoms with Crippen LogP contribution in [0.4, 0.5) is 5.95 Å². The van der Waals surface area contributed by atoms with Crippen molar-refractivity contribution >= 4 is 5.95 Å². The van der Waals surface area contributed by atoms with E-state index in [1.807, 2.05) is 0 Å². The molecule has 1 aliphatic rings. The highest BCUT2D eigenvalue weighted by atomic mass is 15.4. The molecule has 1 aliphatic heterocycles. The maximum Gasteiger partial charge on any atom is 0.244 e. The Kier molecular flexibility index (Phi) is 2.67. The number of nitrogens with one attached hydrogen (secondary N) is 1. The van der Waals surface area contributed by atoms with Crippen LogP contribution in [0.15, 0.2) is 0 Å². The molecule has 1 fully saturated rings. The van der Waals surface area contributed by atoms with Gasteiger partial charge in [0.1, 0.15) is 5.82 Å². The predicted octanol–water partition coefficient (Wildman–Crippen LogP) is 0.295. The van der Waals surface area contributed by atoms with E-state index in [0.717, 1.165) is 44.1 Å².